The number of benzene rings is 2. The molecule has 0 N–H and O–H groups in total. The van der Waals surface area contributed by atoms with Gasteiger partial charge in [0.05, 0.1) is 33.6 Å². The molecule has 3 heterocycles. The number of carbonyl (C=O) groups is 1. The standard InChI is InChI=1S/C31H29Cl3FN3O3/c1-30(2,3)37-14-12-31(13-15-37,29(40)41-4)25-17-21(19-9-8-18(35)16-24(19)34)20-10-11-26(39)38(28(20)36-25)27-22(32)6-5-7-23(27)33/h5-11,16-17H,12-15H2,1-4H3. The number of piperidine rings is 1. The number of likely N-dealkylation sites (tertiary alicyclic amines) is 1. The van der Waals surface area contributed by atoms with E-state index in [-0.39, 0.29) is 31.9 Å². The average Bonchev–Trinajstić information content (AvgIpc) is 2.92. The van der Waals surface area contributed by atoms with Crippen LogP contribution in [0, 0.1) is 5.82 Å². The molecule has 1 fully saturated rings. The van der Waals surface area contributed by atoms with Crippen molar-refractivity contribution in [1.82, 2.24) is 14.5 Å². The summed E-state index contributed by atoms with van der Waals surface area (Å²) in [6, 6.07) is 13.9. The number of nitrogens with zero attached hydrogens (tertiary/aromatic N) is 3. The normalized spacial score (nSPS) is 15.7. The molecule has 0 spiro atoms. The van der Waals surface area contributed by atoms with Gasteiger partial charge in [0.2, 0.25) is 0 Å². The van der Waals surface area contributed by atoms with Gasteiger partial charge in [0.25, 0.3) is 5.56 Å². The van der Waals surface area contributed by atoms with E-state index in [1.165, 1.54) is 29.9 Å². The van der Waals surface area contributed by atoms with Crippen molar-refractivity contribution in [3.05, 3.63) is 91.5 Å². The molecule has 0 bridgehead atoms. The van der Waals surface area contributed by atoms with Crippen molar-refractivity contribution in [2.45, 2.75) is 44.6 Å². The van der Waals surface area contributed by atoms with E-state index >= 15 is 0 Å². The van der Waals surface area contributed by atoms with Crippen molar-refractivity contribution in [1.29, 1.82) is 0 Å². The number of aromatic nitrogens is 2. The van der Waals surface area contributed by atoms with Crippen molar-refractivity contribution in [2.75, 3.05) is 20.2 Å². The highest BCUT2D eigenvalue weighted by molar-refractivity contribution is 6.38. The molecule has 1 saturated heterocycles. The minimum Gasteiger partial charge on any atom is -0.468 e. The highest BCUT2D eigenvalue weighted by atomic mass is 35.5. The number of rotatable bonds is 4. The van der Waals surface area contributed by atoms with Crippen LogP contribution in [0.3, 0.4) is 0 Å². The SMILES string of the molecule is COC(=O)C1(c2cc(-c3ccc(F)cc3Cl)c3ccc(=O)n(-c4c(Cl)cccc4Cl)c3n2)CCN(C(C)(C)C)CC1. The fourth-order valence-corrected chi connectivity index (χ4v) is 6.46. The molecule has 1 aliphatic rings. The van der Waals surface area contributed by atoms with E-state index in [0.29, 0.717) is 48.1 Å². The Balaban J connectivity index is 1.87. The van der Waals surface area contributed by atoms with Gasteiger partial charge in [-0.25, -0.2) is 9.37 Å². The molecule has 0 unspecified atom stereocenters. The Morgan fingerprint density at radius 3 is 2.20 bits per heavy atom. The third-order valence-corrected chi connectivity index (χ3v) is 8.80. The van der Waals surface area contributed by atoms with Gasteiger partial charge in [-0.1, -0.05) is 40.9 Å². The number of para-hydroxylation sites is 1. The lowest BCUT2D eigenvalue weighted by Gasteiger charge is -2.45. The van der Waals surface area contributed by atoms with Crippen LogP contribution in [-0.4, -0.2) is 46.2 Å². The first-order valence-corrected chi connectivity index (χ1v) is 14.3. The van der Waals surface area contributed by atoms with E-state index in [0.717, 1.165) is 0 Å². The number of fused-ring (bicyclic) bond motifs is 1. The molecular weight excluding hydrogens is 588 g/mol. The zero-order chi connectivity index (χ0) is 29.7. The van der Waals surface area contributed by atoms with Gasteiger partial charge in [-0.2, -0.15) is 0 Å². The molecule has 0 saturated carbocycles. The van der Waals surface area contributed by atoms with Gasteiger partial charge >= 0.3 is 5.97 Å². The summed E-state index contributed by atoms with van der Waals surface area (Å²) in [4.78, 5) is 34.3. The fourth-order valence-electron chi connectivity index (χ4n) is 5.62. The van der Waals surface area contributed by atoms with Crippen LogP contribution in [0.1, 0.15) is 39.3 Å². The van der Waals surface area contributed by atoms with E-state index in [1.54, 1.807) is 36.4 Å². The Kier molecular flexibility index (Phi) is 7.94. The monoisotopic (exact) mass is 615 g/mol. The van der Waals surface area contributed by atoms with Gasteiger partial charge in [0.15, 0.2) is 0 Å². The largest absolute Gasteiger partial charge is 0.468 e. The predicted octanol–water partition coefficient (Wildman–Crippen LogP) is 7.46. The molecule has 1 aliphatic heterocycles. The highest BCUT2D eigenvalue weighted by Crippen LogP contribution is 2.42. The molecule has 214 valence electrons. The lowest BCUT2D eigenvalue weighted by atomic mass is 9.74. The number of hydrogen-bond donors (Lipinski definition) is 0. The second kappa shape index (κ2) is 11.0. The number of ether oxygens (including phenoxy) is 1. The molecule has 10 heteroatoms. The molecule has 2 aromatic heterocycles. The maximum atomic E-state index is 14.1. The topological polar surface area (TPSA) is 64.4 Å². The molecule has 0 radical (unpaired) electrons. The summed E-state index contributed by atoms with van der Waals surface area (Å²) in [5, 5.41) is 1.22. The summed E-state index contributed by atoms with van der Waals surface area (Å²) in [6.45, 7) is 7.65. The zero-order valence-corrected chi connectivity index (χ0v) is 25.4. The van der Waals surface area contributed by atoms with Crippen LogP contribution in [0.25, 0.3) is 27.8 Å². The van der Waals surface area contributed by atoms with Crippen molar-refractivity contribution in [3.63, 3.8) is 0 Å². The van der Waals surface area contributed by atoms with Crippen LogP contribution in [0.2, 0.25) is 15.1 Å². The van der Waals surface area contributed by atoms with Crippen molar-refractivity contribution < 1.29 is 13.9 Å². The summed E-state index contributed by atoms with van der Waals surface area (Å²) in [5.41, 5.74) is 0.410. The van der Waals surface area contributed by atoms with E-state index < -0.39 is 22.8 Å². The number of carbonyl (C=O) groups excluding carboxylic acids is 1. The Bertz CT molecular complexity index is 1700. The summed E-state index contributed by atoms with van der Waals surface area (Å²) in [5.74, 6) is -0.910. The van der Waals surface area contributed by atoms with Crippen LogP contribution in [-0.2, 0) is 14.9 Å². The second-order valence-corrected chi connectivity index (χ2v) is 12.4. The Hall–Kier alpha value is -2.97. The van der Waals surface area contributed by atoms with Gasteiger partial charge in [0, 0.05) is 35.6 Å². The molecule has 41 heavy (non-hydrogen) atoms. The second-order valence-electron chi connectivity index (χ2n) is 11.2. The van der Waals surface area contributed by atoms with E-state index in [4.69, 9.17) is 44.5 Å². The van der Waals surface area contributed by atoms with Gasteiger partial charge in [-0.05, 0) is 81.6 Å². The lowest BCUT2D eigenvalue weighted by Crippen LogP contribution is -2.53. The van der Waals surface area contributed by atoms with Crippen LogP contribution < -0.4 is 5.56 Å². The number of methoxy groups -OCH3 is 1. The number of hydrogen-bond acceptors (Lipinski definition) is 5. The van der Waals surface area contributed by atoms with Crippen LogP contribution >= 0.6 is 34.8 Å². The molecule has 0 atom stereocenters. The zero-order valence-electron chi connectivity index (χ0n) is 23.1. The maximum Gasteiger partial charge on any atom is 0.317 e. The van der Waals surface area contributed by atoms with Gasteiger partial charge in [0.1, 0.15) is 16.9 Å². The molecular formula is C31H29Cl3FN3O3. The molecule has 4 aromatic rings. The van der Waals surface area contributed by atoms with Gasteiger partial charge in [-0.3, -0.25) is 19.1 Å². The van der Waals surface area contributed by atoms with E-state index in [1.807, 2.05) is 0 Å². The van der Waals surface area contributed by atoms with Crippen LogP contribution in [0.4, 0.5) is 4.39 Å². The third-order valence-electron chi connectivity index (χ3n) is 7.88. The maximum absolute atomic E-state index is 14.1. The number of esters is 1. The summed E-state index contributed by atoms with van der Waals surface area (Å²) in [6.07, 6.45) is 0.881. The lowest BCUT2D eigenvalue weighted by molar-refractivity contribution is -0.150. The first-order valence-electron chi connectivity index (χ1n) is 13.2. The Labute approximate surface area is 252 Å². The third kappa shape index (κ3) is 5.25. The average molecular weight is 617 g/mol. The Morgan fingerprint density at radius 2 is 1.61 bits per heavy atom. The molecule has 6 nitrogen and oxygen atoms in total. The molecule has 2 aromatic carbocycles. The summed E-state index contributed by atoms with van der Waals surface area (Å²) >= 11 is 19.7. The first kappa shape index (κ1) is 29.5. The van der Waals surface area contributed by atoms with Crippen molar-refractivity contribution in [2.24, 2.45) is 0 Å². The summed E-state index contributed by atoms with van der Waals surface area (Å²) in [7, 11) is 1.36. The fraction of sp³-hybridized carbons (Fsp3) is 0.323. The van der Waals surface area contributed by atoms with Crippen molar-refractivity contribution >= 4 is 51.8 Å². The molecule has 5 rings (SSSR count). The summed E-state index contributed by atoms with van der Waals surface area (Å²) < 4.78 is 20.8. The minimum atomic E-state index is -1.10. The Morgan fingerprint density at radius 1 is 0.951 bits per heavy atom. The molecule has 0 amide bonds. The number of pyridine rings is 2. The van der Waals surface area contributed by atoms with Gasteiger partial charge < -0.3 is 4.74 Å². The van der Waals surface area contributed by atoms with E-state index in [9.17, 15) is 14.0 Å². The van der Waals surface area contributed by atoms with E-state index in [2.05, 4.69) is 25.7 Å². The van der Waals surface area contributed by atoms with Crippen molar-refractivity contribution in [3.8, 4) is 16.8 Å². The van der Waals surface area contributed by atoms with Crippen LogP contribution in [0.15, 0.2) is 59.4 Å². The predicted molar refractivity (Wildman–Crippen MR) is 162 cm³/mol. The minimum absolute atomic E-state index is 0.0901. The quantitative estimate of drug-likeness (QED) is 0.223. The highest BCUT2D eigenvalue weighted by Gasteiger charge is 2.47. The number of halogens is 4. The molecule has 0 aliphatic carbocycles. The smallest absolute Gasteiger partial charge is 0.317 e. The first-order chi connectivity index (χ1) is 19.4. The van der Waals surface area contributed by atoms with Gasteiger partial charge in [-0.15, -0.1) is 0 Å². The van der Waals surface area contributed by atoms with Crippen LogP contribution in [0.5, 0.6) is 0 Å².